The quantitative estimate of drug-likeness (QED) is 0.922. The molecule has 3 nitrogen and oxygen atoms in total. The first-order valence-electron chi connectivity index (χ1n) is 6.79. The molecule has 0 bridgehead atoms. The third-order valence-corrected chi connectivity index (χ3v) is 3.98. The van der Waals surface area contributed by atoms with E-state index in [2.05, 4.69) is 4.98 Å². The molecule has 0 fully saturated rings. The number of thiazole rings is 1. The first-order valence-corrected chi connectivity index (χ1v) is 7.61. The van der Waals surface area contributed by atoms with Crippen molar-refractivity contribution in [3.63, 3.8) is 0 Å². The van der Waals surface area contributed by atoms with Crippen LogP contribution in [0.2, 0.25) is 0 Å². The van der Waals surface area contributed by atoms with Crippen molar-refractivity contribution in [2.45, 2.75) is 27.7 Å². The van der Waals surface area contributed by atoms with Crippen molar-refractivity contribution in [3.05, 3.63) is 54.9 Å². The number of H-pyrrole nitrogens is 1. The molecule has 0 unspecified atom stereocenters. The molecule has 110 valence electrons. The summed E-state index contributed by atoms with van der Waals surface area (Å²) in [5.74, 6) is 0.00195. The Bertz CT molecular complexity index is 835. The predicted octanol–water partition coefficient (Wildman–Crippen LogP) is 1.97. The molecule has 1 aromatic heterocycles. The molecule has 4 heteroatoms. The highest BCUT2D eigenvalue weighted by atomic mass is 32.1. The lowest BCUT2D eigenvalue weighted by Gasteiger charge is -2.12. The second-order valence-corrected chi connectivity index (χ2v) is 7.19. The fraction of sp³-hybridized carbons (Fsp3) is 0.294. The molecular formula is C17H19NO2S. The number of aromatic nitrogens is 1. The van der Waals surface area contributed by atoms with Crippen LogP contribution in [0, 0.1) is 12.3 Å². The van der Waals surface area contributed by atoms with E-state index in [1.165, 1.54) is 17.4 Å². The Balaban J connectivity index is 2.48. The van der Waals surface area contributed by atoms with Crippen LogP contribution in [0.3, 0.4) is 0 Å². The van der Waals surface area contributed by atoms with Gasteiger partial charge in [-0.25, -0.2) is 0 Å². The van der Waals surface area contributed by atoms with Crippen LogP contribution in [0.5, 0.6) is 0 Å². The SMILES string of the molecule is Cc1cccc(/C=c2\s/c(=C/C(=O)C(C)(C)C)[nH]c2=O)c1. The van der Waals surface area contributed by atoms with Crippen molar-refractivity contribution in [1.29, 1.82) is 0 Å². The molecule has 0 amide bonds. The summed E-state index contributed by atoms with van der Waals surface area (Å²) in [6.45, 7) is 7.59. The first-order chi connectivity index (χ1) is 9.75. The normalized spacial score (nSPS) is 13.7. The van der Waals surface area contributed by atoms with Crippen LogP contribution < -0.4 is 14.8 Å². The summed E-state index contributed by atoms with van der Waals surface area (Å²) in [5, 5.41) is 0. The highest BCUT2D eigenvalue weighted by Gasteiger charge is 2.18. The molecule has 0 saturated heterocycles. The van der Waals surface area contributed by atoms with Crippen molar-refractivity contribution in [3.8, 4) is 0 Å². The Morgan fingerprint density at radius 2 is 2.00 bits per heavy atom. The van der Waals surface area contributed by atoms with Gasteiger partial charge in [-0.2, -0.15) is 0 Å². The fourth-order valence-corrected chi connectivity index (χ4v) is 2.66. The van der Waals surface area contributed by atoms with Gasteiger partial charge in [-0.1, -0.05) is 50.6 Å². The molecule has 0 saturated carbocycles. The third kappa shape index (κ3) is 4.02. The van der Waals surface area contributed by atoms with Gasteiger partial charge < -0.3 is 4.98 Å². The number of hydrogen-bond acceptors (Lipinski definition) is 3. The van der Waals surface area contributed by atoms with Gasteiger partial charge in [-0.15, -0.1) is 11.3 Å². The molecule has 21 heavy (non-hydrogen) atoms. The van der Waals surface area contributed by atoms with Crippen LogP contribution in [-0.2, 0) is 4.79 Å². The van der Waals surface area contributed by atoms with Crippen molar-refractivity contribution in [1.82, 2.24) is 4.98 Å². The summed E-state index contributed by atoms with van der Waals surface area (Å²) in [5.41, 5.74) is 1.53. The van der Waals surface area contributed by atoms with E-state index >= 15 is 0 Å². The summed E-state index contributed by atoms with van der Waals surface area (Å²) in [7, 11) is 0. The Kier molecular flexibility index (Phi) is 4.28. The molecule has 0 radical (unpaired) electrons. The molecule has 1 aromatic carbocycles. The molecule has 0 atom stereocenters. The third-order valence-electron chi connectivity index (χ3n) is 3.02. The summed E-state index contributed by atoms with van der Waals surface area (Å²) in [6.07, 6.45) is 3.36. The highest BCUT2D eigenvalue weighted by Crippen LogP contribution is 2.14. The van der Waals surface area contributed by atoms with Gasteiger partial charge in [0.1, 0.15) is 0 Å². The van der Waals surface area contributed by atoms with E-state index in [-0.39, 0.29) is 11.3 Å². The maximum absolute atomic E-state index is 12.0. The molecule has 0 spiro atoms. The molecule has 0 aliphatic carbocycles. The molecule has 0 aliphatic heterocycles. The molecule has 0 aliphatic rings. The monoisotopic (exact) mass is 301 g/mol. The van der Waals surface area contributed by atoms with E-state index < -0.39 is 5.41 Å². The maximum Gasteiger partial charge on any atom is 0.266 e. The van der Waals surface area contributed by atoms with Gasteiger partial charge in [-0.05, 0) is 18.6 Å². The largest absolute Gasteiger partial charge is 0.313 e. The molecular weight excluding hydrogens is 282 g/mol. The van der Waals surface area contributed by atoms with Gasteiger partial charge in [0, 0.05) is 11.5 Å². The molecule has 1 N–H and O–H groups in total. The Labute approximate surface area is 127 Å². The average molecular weight is 301 g/mol. The van der Waals surface area contributed by atoms with Crippen LogP contribution in [0.4, 0.5) is 0 Å². The number of benzene rings is 1. The van der Waals surface area contributed by atoms with Crippen LogP contribution >= 0.6 is 11.3 Å². The number of ketones is 1. The number of aryl methyl sites for hydroxylation is 1. The standard InChI is InChI=1S/C17H19NO2S/c1-11-6-5-7-12(8-11)9-13-16(20)18-15(21-13)10-14(19)17(2,3)4/h5-10H,1-4H3,(H,18,20)/b13-9-,15-10+. The Morgan fingerprint density at radius 1 is 1.29 bits per heavy atom. The van der Waals surface area contributed by atoms with Crippen LogP contribution in [0.25, 0.3) is 12.2 Å². The lowest BCUT2D eigenvalue weighted by Crippen LogP contribution is -2.22. The Morgan fingerprint density at radius 3 is 2.62 bits per heavy atom. The first kappa shape index (κ1) is 15.4. The van der Waals surface area contributed by atoms with Gasteiger partial charge in [0.2, 0.25) is 0 Å². The van der Waals surface area contributed by atoms with Gasteiger partial charge in [-0.3, -0.25) is 9.59 Å². The number of carbonyl (C=O) groups excluding carboxylic acids is 1. The van der Waals surface area contributed by atoms with Crippen molar-refractivity contribution < 1.29 is 4.79 Å². The fourth-order valence-electron chi connectivity index (χ4n) is 1.77. The lowest BCUT2D eigenvalue weighted by molar-refractivity contribution is -0.119. The van der Waals surface area contributed by atoms with E-state index in [0.717, 1.165) is 11.1 Å². The van der Waals surface area contributed by atoms with Crippen molar-refractivity contribution in [2.75, 3.05) is 0 Å². The smallest absolute Gasteiger partial charge is 0.266 e. The van der Waals surface area contributed by atoms with E-state index in [9.17, 15) is 9.59 Å². The number of aromatic amines is 1. The van der Waals surface area contributed by atoms with E-state index in [0.29, 0.717) is 9.20 Å². The summed E-state index contributed by atoms with van der Waals surface area (Å²) < 4.78 is 1.20. The van der Waals surface area contributed by atoms with E-state index in [1.807, 2.05) is 58.0 Å². The van der Waals surface area contributed by atoms with Gasteiger partial charge in [0.25, 0.3) is 5.56 Å². The van der Waals surface area contributed by atoms with Crippen molar-refractivity contribution in [2.24, 2.45) is 5.41 Å². The predicted molar refractivity (Wildman–Crippen MR) is 87.9 cm³/mol. The zero-order valence-electron chi connectivity index (χ0n) is 12.7. The minimum absolute atomic E-state index is 0.00195. The molecule has 2 rings (SSSR count). The lowest BCUT2D eigenvalue weighted by atomic mass is 9.91. The van der Waals surface area contributed by atoms with Gasteiger partial charge >= 0.3 is 0 Å². The summed E-state index contributed by atoms with van der Waals surface area (Å²) in [6, 6.07) is 7.94. The summed E-state index contributed by atoms with van der Waals surface area (Å²) >= 11 is 1.30. The maximum atomic E-state index is 12.0. The topological polar surface area (TPSA) is 49.9 Å². The molecule has 2 aromatic rings. The zero-order valence-corrected chi connectivity index (χ0v) is 13.5. The average Bonchev–Trinajstić information content (AvgIpc) is 2.68. The summed E-state index contributed by atoms with van der Waals surface area (Å²) in [4.78, 5) is 26.7. The number of carbonyl (C=O) groups is 1. The number of nitrogens with one attached hydrogen (secondary N) is 1. The van der Waals surface area contributed by atoms with Crippen LogP contribution in [-0.4, -0.2) is 10.8 Å². The van der Waals surface area contributed by atoms with Crippen molar-refractivity contribution >= 4 is 29.3 Å². The second kappa shape index (κ2) is 5.82. The minimum atomic E-state index is -0.443. The van der Waals surface area contributed by atoms with Crippen LogP contribution in [0.15, 0.2) is 29.1 Å². The molecule has 1 heterocycles. The number of Topliss-reactive ketones (excluding diaryl/α,β-unsaturated/α-hetero) is 1. The second-order valence-electron chi connectivity index (χ2n) is 6.10. The van der Waals surface area contributed by atoms with E-state index in [1.54, 1.807) is 0 Å². The van der Waals surface area contributed by atoms with E-state index in [4.69, 9.17) is 0 Å². The number of hydrogen-bond donors (Lipinski definition) is 1. The highest BCUT2D eigenvalue weighted by molar-refractivity contribution is 7.07. The Hall–Kier alpha value is -1.94. The van der Waals surface area contributed by atoms with Gasteiger partial charge in [0.05, 0.1) is 9.20 Å². The van der Waals surface area contributed by atoms with Crippen LogP contribution in [0.1, 0.15) is 31.9 Å². The van der Waals surface area contributed by atoms with Gasteiger partial charge in [0.15, 0.2) is 5.78 Å². The number of rotatable bonds is 2. The minimum Gasteiger partial charge on any atom is -0.313 e. The zero-order chi connectivity index (χ0) is 15.6.